The number of halogens is 1. The van der Waals surface area contributed by atoms with Crippen molar-refractivity contribution < 1.29 is 17.6 Å². The summed E-state index contributed by atoms with van der Waals surface area (Å²) in [5, 5.41) is 2.86. The summed E-state index contributed by atoms with van der Waals surface area (Å²) in [6.45, 7) is 7.18. The number of amides is 1. The highest BCUT2D eigenvalue weighted by atomic mass is 32.2. The minimum atomic E-state index is -3.97. The van der Waals surface area contributed by atoms with Crippen molar-refractivity contribution in [3.05, 3.63) is 100 Å². The molecule has 0 aromatic heterocycles. The number of aryl methyl sites for hydroxylation is 3. The van der Waals surface area contributed by atoms with Gasteiger partial charge < -0.3 is 5.32 Å². The Morgan fingerprint density at radius 1 is 0.939 bits per heavy atom. The molecule has 0 fully saturated rings. The largest absolute Gasteiger partial charge is 0.348 e. The van der Waals surface area contributed by atoms with Crippen molar-refractivity contribution in [2.45, 2.75) is 51.1 Å². The van der Waals surface area contributed by atoms with Crippen molar-refractivity contribution in [3.63, 3.8) is 0 Å². The zero-order valence-electron chi connectivity index (χ0n) is 19.2. The molecular formula is C26H29FN2O3S. The fourth-order valence-corrected chi connectivity index (χ4v) is 5.67. The standard InChI is InChI=1S/C26H29FN2O3S/c1-17-14-18(2)25(19(3)15-17)33(31,32)29-24(16-21-8-6-5-7-9-21)26(30)28-20(4)22-10-12-23(27)13-11-22/h5-15,20,24,29H,16H2,1-4H3,(H,28,30)/t20-,24-/m0/s1. The summed E-state index contributed by atoms with van der Waals surface area (Å²) in [6, 6.07) is 17.2. The van der Waals surface area contributed by atoms with Crippen LogP contribution in [0.4, 0.5) is 4.39 Å². The fraction of sp³-hybridized carbons (Fsp3) is 0.269. The summed E-state index contributed by atoms with van der Waals surface area (Å²) < 4.78 is 42.6. The molecule has 3 rings (SSSR count). The first-order valence-electron chi connectivity index (χ1n) is 10.8. The van der Waals surface area contributed by atoms with Crippen molar-refractivity contribution >= 4 is 15.9 Å². The third-order valence-electron chi connectivity index (χ3n) is 5.50. The average Bonchev–Trinajstić information content (AvgIpc) is 2.73. The molecule has 0 spiro atoms. The van der Waals surface area contributed by atoms with Gasteiger partial charge in [0.2, 0.25) is 15.9 Å². The molecule has 2 N–H and O–H groups in total. The van der Waals surface area contributed by atoms with Gasteiger partial charge in [-0.3, -0.25) is 4.79 Å². The second-order valence-corrected chi connectivity index (χ2v) is 10.0. The number of sulfonamides is 1. The van der Waals surface area contributed by atoms with Crippen molar-refractivity contribution in [2.75, 3.05) is 0 Å². The Hall–Kier alpha value is -3.03. The molecule has 3 aromatic carbocycles. The smallest absolute Gasteiger partial charge is 0.241 e. The minimum absolute atomic E-state index is 0.186. The van der Waals surface area contributed by atoms with Gasteiger partial charge >= 0.3 is 0 Å². The first-order valence-corrected chi connectivity index (χ1v) is 12.2. The van der Waals surface area contributed by atoms with Crippen molar-refractivity contribution in [1.29, 1.82) is 0 Å². The molecule has 0 heterocycles. The van der Waals surface area contributed by atoms with Crippen LogP contribution in [-0.4, -0.2) is 20.4 Å². The summed E-state index contributed by atoms with van der Waals surface area (Å²) in [6.07, 6.45) is 0.187. The van der Waals surface area contributed by atoms with Gasteiger partial charge in [0.05, 0.1) is 10.9 Å². The predicted octanol–water partition coefficient (Wildman–Crippen LogP) is 4.52. The molecular weight excluding hydrogens is 439 g/mol. The molecule has 5 nitrogen and oxygen atoms in total. The van der Waals surface area contributed by atoms with Crippen LogP contribution in [0.2, 0.25) is 0 Å². The number of carbonyl (C=O) groups excluding carboxylic acids is 1. The molecule has 0 radical (unpaired) electrons. The van der Waals surface area contributed by atoms with E-state index in [1.54, 1.807) is 32.9 Å². The number of carbonyl (C=O) groups is 1. The van der Waals surface area contributed by atoms with E-state index in [2.05, 4.69) is 10.0 Å². The third-order valence-corrected chi connectivity index (χ3v) is 7.27. The molecule has 0 saturated heterocycles. The molecule has 3 aromatic rings. The van der Waals surface area contributed by atoms with E-state index in [4.69, 9.17) is 0 Å². The van der Waals surface area contributed by atoms with Crippen molar-refractivity contribution in [1.82, 2.24) is 10.0 Å². The number of hydrogen-bond donors (Lipinski definition) is 2. The molecule has 0 unspecified atom stereocenters. The summed E-state index contributed by atoms with van der Waals surface area (Å²) in [7, 11) is -3.97. The van der Waals surface area contributed by atoms with Crippen LogP contribution in [0.25, 0.3) is 0 Å². The molecule has 0 bridgehead atoms. The Kier molecular flexibility index (Phi) is 7.66. The number of benzene rings is 3. The highest BCUT2D eigenvalue weighted by Crippen LogP contribution is 2.22. The quantitative estimate of drug-likeness (QED) is 0.511. The van der Waals surface area contributed by atoms with Crippen LogP contribution in [0.5, 0.6) is 0 Å². The van der Waals surface area contributed by atoms with Crippen LogP contribution >= 0.6 is 0 Å². The second-order valence-electron chi connectivity index (χ2n) is 8.37. The van der Waals surface area contributed by atoms with E-state index in [9.17, 15) is 17.6 Å². The molecule has 174 valence electrons. The summed E-state index contributed by atoms with van der Waals surface area (Å²) >= 11 is 0. The third kappa shape index (κ3) is 6.27. The fourth-order valence-electron chi connectivity index (χ4n) is 4.02. The Morgan fingerprint density at radius 3 is 2.09 bits per heavy atom. The number of hydrogen-bond acceptors (Lipinski definition) is 3. The van der Waals surface area contributed by atoms with Gasteiger partial charge in [-0.2, -0.15) is 4.72 Å². The van der Waals surface area contributed by atoms with Crippen LogP contribution in [0.15, 0.2) is 71.6 Å². The predicted molar refractivity (Wildman–Crippen MR) is 128 cm³/mol. The minimum Gasteiger partial charge on any atom is -0.348 e. The molecule has 0 aliphatic rings. The lowest BCUT2D eigenvalue weighted by atomic mass is 10.0. The molecule has 1 amide bonds. The van der Waals surface area contributed by atoms with E-state index >= 15 is 0 Å². The van der Waals surface area contributed by atoms with Crippen LogP contribution in [-0.2, 0) is 21.2 Å². The highest BCUT2D eigenvalue weighted by Gasteiger charge is 2.29. The van der Waals surface area contributed by atoms with Crippen molar-refractivity contribution in [3.8, 4) is 0 Å². The van der Waals surface area contributed by atoms with Crippen molar-refractivity contribution in [2.24, 2.45) is 0 Å². The van der Waals surface area contributed by atoms with Gasteiger partial charge in [0, 0.05) is 0 Å². The monoisotopic (exact) mass is 468 g/mol. The topological polar surface area (TPSA) is 75.3 Å². The highest BCUT2D eigenvalue weighted by molar-refractivity contribution is 7.89. The zero-order chi connectivity index (χ0) is 24.2. The van der Waals surface area contributed by atoms with E-state index in [0.717, 1.165) is 16.7 Å². The average molecular weight is 469 g/mol. The molecule has 0 aliphatic heterocycles. The van der Waals surface area contributed by atoms with Gasteiger partial charge in [-0.15, -0.1) is 0 Å². The maximum atomic E-state index is 13.4. The van der Waals surface area contributed by atoms with E-state index < -0.39 is 28.0 Å². The Morgan fingerprint density at radius 2 is 1.52 bits per heavy atom. The SMILES string of the molecule is Cc1cc(C)c(S(=O)(=O)N[C@@H](Cc2ccccc2)C(=O)N[C@@H](C)c2ccc(F)cc2)c(C)c1. The second kappa shape index (κ2) is 10.3. The molecule has 33 heavy (non-hydrogen) atoms. The van der Waals surface area contributed by atoms with Gasteiger partial charge in [0.15, 0.2) is 0 Å². The normalized spacial score (nSPS) is 13.4. The lowest BCUT2D eigenvalue weighted by Gasteiger charge is -2.23. The first-order chi connectivity index (χ1) is 15.6. The van der Waals surface area contributed by atoms with Gasteiger partial charge in [-0.1, -0.05) is 60.2 Å². The maximum absolute atomic E-state index is 13.4. The van der Waals surface area contributed by atoms with E-state index in [1.165, 1.54) is 12.1 Å². The maximum Gasteiger partial charge on any atom is 0.241 e. The van der Waals surface area contributed by atoms with Crippen LogP contribution in [0.3, 0.4) is 0 Å². The van der Waals surface area contributed by atoms with E-state index in [1.807, 2.05) is 49.4 Å². The zero-order valence-corrected chi connectivity index (χ0v) is 20.0. The number of nitrogens with one attached hydrogen (secondary N) is 2. The lowest BCUT2D eigenvalue weighted by molar-refractivity contribution is -0.123. The van der Waals surface area contributed by atoms with E-state index in [-0.39, 0.29) is 17.1 Å². The van der Waals surface area contributed by atoms with Gasteiger partial charge in [-0.05, 0) is 68.5 Å². The van der Waals surface area contributed by atoms with Gasteiger partial charge in [0.1, 0.15) is 11.9 Å². The summed E-state index contributed by atoms with van der Waals surface area (Å²) in [4.78, 5) is 13.4. The first kappa shape index (κ1) is 24.6. The van der Waals surface area contributed by atoms with E-state index in [0.29, 0.717) is 11.1 Å². The lowest BCUT2D eigenvalue weighted by Crippen LogP contribution is -2.48. The summed E-state index contributed by atoms with van der Waals surface area (Å²) in [5.41, 5.74) is 3.76. The molecule has 0 saturated carbocycles. The summed E-state index contributed by atoms with van der Waals surface area (Å²) in [5.74, 6) is -0.822. The molecule has 7 heteroatoms. The Bertz CT molecular complexity index is 1200. The van der Waals surface area contributed by atoms with Crippen LogP contribution < -0.4 is 10.0 Å². The van der Waals surface area contributed by atoms with Crippen LogP contribution in [0.1, 0.15) is 40.8 Å². The molecule has 0 aliphatic carbocycles. The number of rotatable bonds is 8. The van der Waals surface area contributed by atoms with Gasteiger partial charge in [0.25, 0.3) is 0 Å². The Labute approximate surface area is 195 Å². The Balaban J connectivity index is 1.89. The molecule has 2 atom stereocenters. The van der Waals surface area contributed by atoms with Gasteiger partial charge in [-0.25, -0.2) is 12.8 Å². The van der Waals surface area contributed by atoms with Crippen LogP contribution in [0, 0.1) is 26.6 Å².